The summed E-state index contributed by atoms with van der Waals surface area (Å²) in [4.78, 5) is 11.8. The molecular weight excluding hydrogens is 284 g/mol. The van der Waals surface area contributed by atoms with Gasteiger partial charge in [0.25, 0.3) is 5.91 Å². The van der Waals surface area contributed by atoms with Crippen molar-refractivity contribution >= 4 is 29.8 Å². The van der Waals surface area contributed by atoms with Gasteiger partial charge in [0.05, 0.1) is 6.21 Å². The predicted molar refractivity (Wildman–Crippen MR) is 87.5 cm³/mol. The highest BCUT2D eigenvalue weighted by Crippen LogP contribution is 2.09. The van der Waals surface area contributed by atoms with Crippen LogP contribution in [0.4, 0.5) is 0 Å². The first-order chi connectivity index (χ1) is 10.1. The van der Waals surface area contributed by atoms with Gasteiger partial charge in [0.2, 0.25) is 0 Å². The summed E-state index contributed by atoms with van der Waals surface area (Å²) in [7, 11) is 0. The lowest BCUT2D eigenvalue weighted by atomic mass is 10.1. The quantitative estimate of drug-likeness (QED) is 0.668. The second kappa shape index (κ2) is 7.41. The van der Waals surface area contributed by atoms with Crippen molar-refractivity contribution in [1.29, 1.82) is 0 Å². The van der Waals surface area contributed by atoms with E-state index in [9.17, 15) is 4.79 Å². The van der Waals surface area contributed by atoms with Gasteiger partial charge in [-0.25, -0.2) is 5.43 Å². The third-order valence-corrected chi connectivity index (χ3v) is 2.99. The number of carbonyl (C=O) groups excluding carboxylic acids is 1. The lowest BCUT2D eigenvalue weighted by molar-refractivity contribution is 0.0955. The normalized spacial score (nSPS) is 11.6. The molecule has 0 aliphatic heterocycles. The smallest absolute Gasteiger partial charge is 0.267 e. The van der Waals surface area contributed by atoms with Gasteiger partial charge in [-0.05, 0) is 42.3 Å². The standard InChI is InChI=1S/C17H15ClN2O/c1-13(11-14-5-3-2-4-6-14)12-19-20-17(21)15-7-9-16(18)10-8-15/h2-12H,1H3,(H,20,21)/b13-11+,19-12-. The first kappa shape index (κ1) is 15.0. The Kier molecular flexibility index (Phi) is 5.29. The van der Waals surface area contributed by atoms with Crippen molar-refractivity contribution in [1.82, 2.24) is 5.43 Å². The molecule has 3 nitrogen and oxygen atoms in total. The number of rotatable bonds is 4. The fourth-order valence-electron chi connectivity index (χ4n) is 1.71. The van der Waals surface area contributed by atoms with Gasteiger partial charge in [-0.1, -0.05) is 48.0 Å². The van der Waals surface area contributed by atoms with Crippen LogP contribution in [0.25, 0.3) is 6.08 Å². The van der Waals surface area contributed by atoms with E-state index in [1.807, 2.05) is 43.3 Å². The van der Waals surface area contributed by atoms with E-state index in [-0.39, 0.29) is 5.91 Å². The fourth-order valence-corrected chi connectivity index (χ4v) is 1.83. The summed E-state index contributed by atoms with van der Waals surface area (Å²) < 4.78 is 0. The zero-order valence-electron chi connectivity index (χ0n) is 11.6. The number of nitrogens with one attached hydrogen (secondary N) is 1. The Morgan fingerprint density at radius 1 is 1.10 bits per heavy atom. The molecular formula is C17H15ClN2O. The molecule has 0 aromatic heterocycles. The van der Waals surface area contributed by atoms with Crippen molar-refractivity contribution < 1.29 is 4.79 Å². The molecule has 0 radical (unpaired) electrons. The molecule has 0 saturated heterocycles. The van der Waals surface area contributed by atoms with E-state index in [1.54, 1.807) is 30.5 Å². The summed E-state index contributed by atoms with van der Waals surface area (Å²) in [5.41, 5.74) is 5.03. The summed E-state index contributed by atoms with van der Waals surface area (Å²) in [6.45, 7) is 1.92. The van der Waals surface area contributed by atoms with Crippen LogP contribution in [-0.2, 0) is 0 Å². The summed E-state index contributed by atoms with van der Waals surface area (Å²) in [5, 5.41) is 4.53. The van der Waals surface area contributed by atoms with Crippen LogP contribution in [0.5, 0.6) is 0 Å². The van der Waals surface area contributed by atoms with Gasteiger partial charge >= 0.3 is 0 Å². The SMILES string of the molecule is CC(/C=N\NC(=O)c1ccc(Cl)cc1)=C\c1ccccc1. The third-order valence-electron chi connectivity index (χ3n) is 2.73. The molecule has 0 saturated carbocycles. The number of amides is 1. The topological polar surface area (TPSA) is 41.5 Å². The fraction of sp³-hybridized carbons (Fsp3) is 0.0588. The van der Waals surface area contributed by atoms with Gasteiger partial charge in [0.15, 0.2) is 0 Å². The highest BCUT2D eigenvalue weighted by atomic mass is 35.5. The summed E-state index contributed by atoms with van der Waals surface area (Å²) in [6, 6.07) is 16.6. The molecule has 1 amide bonds. The number of nitrogens with zero attached hydrogens (tertiary/aromatic N) is 1. The van der Waals surface area contributed by atoms with E-state index in [2.05, 4.69) is 10.5 Å². The van der Waals surface area contributed by atoms with Crippen molar-refractivity contribution in [3.63, 3.8) is 0 Å². The third kappa shape index (κ3) is 4.89. The van der Waals surface area contributed by atoms with Crippen LogP contribution in [0.3, 0.4) is 0 Å². The van der Waals surface area contributed by atoms with Gasteiger partial charge in [0, 0.05) is 10.6 Å². The van der Waals surface area contributed by atoms with E-state index < -0.39 is 0 Å². The van der Waals surface area contributed by atoms with E-state index in [1.165, 1.54) is 0 Å². The highest BCUT2D eigenvalue weighted by Gasteiger charge is 2.02. The molecule has 0 unspecified atom stereocenters. The largest absolute Gasteiger partial charge is 0.271 e. The van der Waals surface area contributed by atoms with Crippen LogP contribution in [0.15, 0.2) is 65.3 Å². The molecule has 0 fully saturated rings. The second-order valence-corrected chi connectivity index (χ2v) is 4.94. The average Bonchev–Trinajstić information content (AvgIpc) is 2.49. The van der Waals surface area contributed by atoms with E-state index in [0.717, 1.165) is 11.1 Å². The van der Waals surface area contributed by atoms with Crippen LogP contribution in [0, 0.1) is 0 Å². The Balaban J connectivity index is 1.94. The van der Waals surface area contributed by atoms with Gasteiger partial charge in [0.1, 0.15) is 0 Å². The lowest BCUT2D eigenvalue weighted by Crippen LogP contribution is -2.17. The second-order valence-electron chi connectivity index (χ2n) is 4.51. The molecule has 0 atom stereocenters. The Morgan fingerprint density at radius 3 is 2.43 bits per heavy atom. The number of hydrogen-bond acceptors (Lipinski definition) is 2. The lowest BCUT2D eigenvalue weighted by Gasteiger charge is -2.00. The number of halogens is 1. The maximum atomic E-state index is 11.8. The first-order valence-electron chi connectivity index (χ1n) is 6.47. The zero-order valence-corrected chi connectivity index (χ0v) is 12.3. The van der Waals surface area contributed by atoms with Crippen molar-refractivity contribution in [3.8, 4) is 0 Å². The van der Waals surface area contributed by atoms with Crippen molar-refractivity contribution in [2.75, 3.05) is 0 Å². The zero-order chi connectivity index (χ0) is 15.1. The summed E-state index contributed by atoms with van der Waals surface area (Å²) in [6.07, 6.45) is 3.60. The molecule has 106 valence electrons. The molecule has 2 aromatic rings. The molecule has 0 bridgehead atoms. The molecule has 4 heteroatoms. The number of hydrazone groups is 1. The van der Waals surface area contributed by atoms with Crippen LogP contribution in [0.1, 0.15) is 22.8 Å². The molecule has 21 heavy (non-hydrogen) atoms. The first-order valence-corrected chi connectivity index (χ1v) is 6.85. The number of carbonyl (C=O) groups is 1. The maximum absolute atomic E-state index is 11.8. The minimum Gasteiger partial charge on any atom is -0.267 e. The van der Waals surface area contributed by atoms with Crippen LogP contribution >= 0.6 is 11.6 Å². The minimum absolute atomic E-state index is 0.268. The number of hydrogen-bond donors (Lipinski definition) is 1. The predicted octanol–water partition coefficient (Wildman–Crippen LogP) is 4.16. The van der Waals surface area contributed by atoms with Crippen LogP contribution in [-0.4, -0.2) is 12.1 Å². The molecule has 1 N–H and O–H groups in total. The van der Waals surface area contributed by atoms with Crippen molar-refractivity contribution in [3.05, 3.63) is 76.3 Å². The van der Waals surface area contributed by atoms with E-state index >= 15 is 0 Å². The minimum atomic E-state index is -0.268. The Morgan fingerprint density at radius 2 is 1.76 bits per heavy atom. The molecule has 0 heterocycles. The number of benzene rings is 2. The Hall–Kier alpha value is -2.39. The number of allylic oxidation sites excluding steroid dienone is 1. The average molecular weight is 299 g/mol. The Labute approximate surface area is 129 Å². The monoisotopic (exact) mass is 298 g/mol. The van der Waals surface area contributed by atoms with Crippen molar-refractivity contribution in [2.45, 2.75) is 6.92 Å². The maximum Gasteiger partial charge on any atom is 0.271 e. The van der Waals surface area contributed by atoms with E-state index in [0.29, 0.717) is 10.6 Å². The molecule has 2 aromatic carbocycles. The van der Waals surface area contributed by atoms with Crippen molar-refractivity contribution in [2.24, 2.45) is 5.10 Å². The van der Waals surface area contributed by atoms with E-state index in [4.69, 9.17) is 11.6 Å². The molecule has 0 spiro atoms. The molecule has 0 aliphatic rings. The molecule has 2 rings (SSSR count). The Bertz CT molecular complexity index is 661. The van der Waals surface area contributed by atoms with Crippen LogP contribution < -0.4 is 5.43 Å². The summed E-state index contributed by atoms with van der Waals surface area (Å²) >= 11 is 5.77. The molecule has 0 aliphatic carbocycles. The van der Waals surface area contributed by atoms with Crippen LogP contribution in [0.2, 0.25) is 5.02 Å². The van der Waals surface area contributed by atoms with Gasteiger partial charge in [-0.15, -0.1) is 0 Å². The van der Waals surface area contributed by atoms with Gasteiger partial charge in [-0.3, -0.25) is 4.79 Å². The van der Waals surface area contributed by atoms with Gasteiger partial charge in [-0.2, -0.15) is 5.10 Å². The van der Waals surface area contributed by atoms with Gasteiger partial charge < -0.3 is 0 Å². The highest BCUT2D eigenvalue weighted by molar-refractivity contribution is 6.30. The summed E-state index contributed by atoms with van der Waals surface area (Å²) in [5.74, 6) is -0.268.